The predicted octanol–water partition coefficient (Wildman–Crippen LogP) is 2.30. The van der Waals surface area contributed by atoms with Crippen molar-refractivity contribution in [2.24, 2.45) is 0 Å². The summed E-state index contributed by atoms with van der Waals surface area (Å²) in [5.74, 6) is 0.819. The topological polar surface area (TPSA) is 22.1 Å². The van der Waals surface area contributed by atoms with Gasteiger partial charge in [0.15, 0.2) is 0 Å². The van der Waals surface area contributed by atoms with Gasteiger partial charge in [-0.1, -0.05) is 0 Å². The summed E-state index contributed by atoms with van der Waals surface area (Å²) < 4.78 is 6.21. The van der Waals surface area contributed by atoms with E-state index in [0.29, 0.717) is 0 Å². The zero-order valence-corrected chi connectivity index (χ0v) is 6.89. The summed E-state index contributed by atoms with van der Waals surface area (Å²) in [6.07, 6.45) is 1.73. The Balaban J connectivity index is 2.67. The SMILES string of the molecule is COc1cnc2ccsc2c1. The Labute approximate surface area is 68.5 Å². The number of pyridine rings is 1. The normalized spacial score (nSPS) is 10.3. The van der Waals surface area contributed by atoms with Gasteiger partial charge in [-0.05, 0) is 11.4 Å². The van der Waals surface area contributed by atoms with Gasteiger partial charge in [0.2, 0.25) is 0 Å². The van der Waals surface area contributed by atoms with Crippen molar-refractivity contribution in [3.05, 3.63) is 23.7 Å². The molecule has 0 aromatic carbocycles. The predicted molar refractivity (Wildman–Crippen MR) is 46.2 cm³/mol. The first kappa shape index (κ1) is 6.61. The molecule has 0 saturated heterocycles. The average Bonchev–Trinajstić information content (AvgIpc) is 2.50. The minimum absolute atomic E-state index is 0.819. The Kier molecular flexibility index (Phi) is 1.51. The summed E-state index contributed by atoms with van der Waals surface area (Å²) in [6, 6.07) is 3.99. The Morgan fingerprint density at radius 1 is 1.55 bits per heavy atom. The molecule has 0 fully saturated rings. The van der Waals surface area contributed by atoms with Gasteiger partial charge in [0.05, 0.1) is 23.5 Å². The summed E-state index contributed by atoms with van der Waals surface area (Å²) in [6.45, 7) is 0. The maximum atomic E-state index is 5.04. The van der Waals surface area contributed by atoms with Gasteiger partial charge < -0.3 is 4.74 Å². The van der Waals surface area contributed by atoms with Gasteiger partial charge in [-0.2, -0.15) is 0 Å². The van der Waals surface area contributed by atoms with Crippen LogP contribution in [0.4, 0.5) is 0 Å². The molecule has 0 bridgehead atoms. The molecule has 2 aromatic heterocycles. The molecular weight excluding hydrogens is 158 g/mol. The van der Waals surface area contributed by atoms with E-state index in [4.69, 9.17) is 4.74 Å². The van der Waals surface area contributed by atoms with E-state index in [1.807, 2.05) is 17.5 Å². The number of fused-ring (bicyclic) bond motifs is 1. The highest BCUT2D eigenvalue weighted by molar-refractivity contribution is 7.17. The zero-order valence-electron chi connectivity index (χ0n) is 6.07. The molecule has 2 nitrogen and oxygen atoms in total. The van der Waals surface area contributed by atoms with Crippen LogP contribution in [-0.4, -0.2) is 12.1 Å². The van der Waals surface area contributed by atoms with Gasteiger partial charge in [-0.3, -0.25) is 4.98 Å². The van der Waals surface area contributed by atoms with Crippen molar-refractivity contribution >= 4 is 21.6 Å². The number of hydrogen-bond acceptors (Lipinski definition) is 3. The van der Waals surface area contributed by atoms with Crippen LogP contribution in [0.5, 0.6) is 5.75 Å². The van der Waals surface area contributed by atoms with E-state index in [2.05, 4.69) is 4.98 Å². The van der Waals surface area contributed by atoms with E-state index in [1.54, 1.807) is 24.6 Å². The first-order valence-corrected chi connectivity index (χ1v) is 4.15. The molecule has 56 valence electrons. The molecule has 0 aliphatic rings. The lowest BCUT2D eigenvalue weighted by Crippen LogP contribution is -1.82. The molecule has 0 N–H and O–H groups in total. The summed E-state index contributed by atoms with van der Waals surface area (Å²) in [4.78, 5) is 4.20. The monoisotopic (exact) mass is 165 g/mol. The third-order valence-corrected chi connectivity index (χ3v) is 2.37. The Bertz CT molecular complexity index is 369. The summed E-state index contributed by atoms with van der Waals surface area (Å²) >= 11 is 1.67. The van der Waals surface area contributed by atoms with Crippen LogP contribution in [0.15, 0.2) is 23.7 Å². The standard InChI is InChI=1S/C8H7NOS/c1-10-6-4-8-7(9-5-6)2-3-11-8/h2-5H,1H3. The molecule has 0 saturated carbocycles. The summed E-state index contributed by atoms with van der Waals surface area (Å²) in [5, 5.41) is 2.02. The third kappa shape index (κ3) is 1.07. The van der Waals surface area contributed by atoms with Crippen molar-refractivity contribution in [1.82, 2.24) is 4.98 Å². The van der Waals surface area contributed by atoms with Crippen molar-refractivity contribution in [1.29, 1.82) is 0 Å². The van der Waals surface area contributed by atoms with E-state index in [-0.39, 0.29) is 0 Å². The lowest BCUT2D eigenvalue weighted by molar-refractivity contribution is 0.414. The van der Waals surface area contributed by atoms with Crippen LogP contribution in [0.1, 0.15) is 0 Å². The minimum atomic E-state index is 0.819. The average molecular weight is 165 g/mol. The molecule has 3 heteroatoms. The van der Waals surface area contributed by atoms with Gasteiger partial charge in [0, 0.05) is 6.07 Å². The van der Waals surface area contributed by atoms with Gasteiger partial charge in [-0.15, -0.1) is 11.3 Å². The number of methoxy groups -OCH3 is 1. The fourth-order valence-electron chi connectivity index (χ4n) is 0.940. The van der Waals surface area contributed by atoms with Crippen LogP contribution < -0.4 is 4.74 Å². The molecule has 0 atom stereocenters. The molecule has 0 amide bonds. The highest BCUT2D eigenvalue weighted by Gasteiger charge is 1.96. The van der Waals surface area contributed by atoms with Crippen LogP contribution in [0.3, 0.4) is 0 Å². The Morgan fingerprint density at radius 2 is 2.45 bits per heavy atom. The van der Waals surface area contributed by atoms with Gasteiger partial charge in [0.25, 0.3) is 0 Å². The number of nitrogens with zero attached hydrogens (tertiary/aromatic N) is 1. The molecule has 2 heterocycles. The van der Waals surface area contributed by atoms with E-state index in [0.717, 1.165) is 11.3 Å². The molecular formula is C8H7NOS. The van der Waals surface area contributed by atoms with Crippen molar-refractivity contribution in [3.8, 4) is 5.75 Å². The van der Waals surface area contributed by atoms with Crippen LogP contribution in [0, 0.1) is 0 Å². The fourth-order valence-corrected chi connectivity index (χ4v) is 1.71. The number of rotatable bonds is 1. The zero-order chi connectivity index (χ0) is 7.68. The Morgan fingerprint density at radius 3 is 3.27 bits per heavy atom. The fraction of sp³-hybridized carbons (Fsp3) is 0.125. The second-order valence-corrected chi connectivity index (χ2v) is 3.13. The van der Waals surface area contributed by atoms with E-state index in [1.165, 1.54) is 4.70 Å². The second-order valence-electron chi connectivity index (χ2n) is 2.18. The molecule has 0 spiro atoms. The molecule has 0 unspecified atom stereocenters. The third-order valence-electron chi connectivity index (χ3n) is 1.51. The van der Waals surface area contributed by atoms with Crippen molar-refractivity contribution in [2.45, 2.75) is 0 Å². The lowest BCUT2D eigenvalue weighted by atomic mass is 10.4. The van der Waals surface area contributed by atoms with Crippen molar-refractivity contribution < 1.29 is 4.74 Å². The largest absolute Gasteiger partial charge is 0.495 e. The van der Waals surface area contributed by atoms with Crippen LogP contribution in [0.25, 0.3) is 10.2 Å². The van der Waals surface area contributed by atoms with Crippen molar-refractivity contribution in [3.63, 3.8) is 0 Å². The van der Waals surface area contributed by atoms with Crippen molar-refractivity contribution in [2.75, 3.05) is 7.11 Å². The number of thiophene rings is 1. The highest BCUT2D eigenvalue weighted by atomic mass is 32.1. The molecule has 2 aromatic rings. The van der Waals surface area contributed by atoms with Gasteiger partial charge >= 0.3 is 0 Å². The highest BCUT2D eigenvalue weighted by Crippen LogP contribution is 2.22. The first-order valence-electron chi connectivity index (χ1n) is 3.27. The molecule has 11 heavy (non-hydrogen) atoms. The maximum absolute atomic E-state index is 5.04. The van der Waals surface area contributed by atoms with Gasteiger partial charge in [0.1, 0.15) is 5.75 Å². The smallest absolute Gasteiger partial charge is 0.138 e. The maximum Gasteiger partial charge on any atom is 0.138 e. The number of aromatic nitrogens is 1. The van der Waals surface area contributed by atoms with E-state index in [9.17, 15) is 0 Å². The quantitative estimate of drug-likeness (QED) is 0.646. The van der Waals surface area contributed by atoms with E-state index < -0.39 is 0 Å². The van der Waals surface area contributed by atoms with Crippen LogP contribution in [-0.2, 0) is 0 Å². The minimum Gasteiger partial charge on any atom is -0.495 e. The number of hydrogen-bond donors (Lipinski definition) is 0. The lowest BCUT2D eigenvalue weighted by Gasteiger charge is -1.96. The second kappa shape index (κ2) is 2.51. The molecule has 0 aliphatic heterocycles. The first-order chi connectivity index (χ1) is 5.40. The van der Waals surface area contributed by atoms with E-state index >= 15 is 0 Å². The Hall–Kier alpha value is -1.09. The summed E-state index contributed by atoms with van der Waals surface area (Å²) in [5.41, 5.74) is 1.04. The molecule has 0 radical (unpaired) electrons. The number of ether oxygens (including phenoxy) is 1. The summed E-state index contributed by atoms with van der Waals surface area (Å²) in [7, 11) is 1.65. The molecule has 0 aliphatic carbocycles. The van der Waals surface area contributed by atoms with Crippen LogP contribution >= 0.6 is 11.3 Å². The molecule has 2 rings (SSSR count). The van der Waals surface area contributed by atoms with Crippen LogP contribution in [0.2, 0.25) is 0 Å². The van der Waals surface area contributed by atoms with Gasteiger partial charge in [-0.25, -0.2) is 0 Å².